The number of unbranched alkanes of at least 4 members (excludes halogenated alkanes) is 5. The number of nitrogens with two attached hydrogens (primary N) is 2. The largest absolute Gasteiger partial charge is 0.480 e. The van der Waals surface area contributed by atoms with E-state index in [1.165, 1.54) is 18.3 Å². The number of carboxylic acids is 1. The van der Waals surface area contributed by atoms with Gasteiger partial charge in [-0.3, -0.25) is 43.8 Å². The maximum absolute atomic E-state index is 13.3. The van der Waals surface area contributed by atoms with E-state index in [0.717, 1.165) is 44.1 Å². The van der Waals surface area contributed by atoms with Crippen LogP contribution in [-0.2, 0) is 40.0 Å². The highest BCUT2D eigenvalue weighted by Gasteiger charge is 2.45. The van der Waals surface area contributed by atoms with E-state index in [2.05, 4.69) is 46.5 Å². The molecule has 6 rings (SSSR count). The predicted molar refractivity (Wildman–Crippen MR) is 256 cm³/mol. The minimum atomic E-state index is -1.43. The summed E-state index contributed by atoms with van der Waals surface area (Å²) in [6.45, 7) is 1.27. The zero-order valence-electron chi connectivity index (χ0n) is 39.3. The third kappa shape index (κ3) is 13.7. The highest BCUT2D eigenvalue weighted by molar-refractivity contribution is 6.25. The number of esters is 1. The van der Waals surface area contributed by atoms with Gasteiger partial charge in [-0.2, -0.15) is 9.97 Å². The maximum atomic E-state index is 13.3. The van der Waals surface area contributed by atoms with Crippen molar-refractivity contribution >= 4 is 87.6 Å². The van der Waals surface area contributed by atoms with Gasteiger partial charge in [-0.15, -0.1) is 0 Å². The summed E-state index contributed by atoms with van der Waals surface area (Å²) in [7, 11) is 2.94. The molecule has 0 aliphatic carbocycles. The third-order valence-electron chi connectivity index (χ3n) is 11.9. The quantitative estimate of drug-likeness (QED) is 0.0265. The van der Waals surface area contributed by atoms with Crippen LogP contribution in [0, 0.1) is 0 Å². The van der Waals surface area contributed by atoms with Crippen LogP contribution in [0.3, 0.4) is 0 Å². The van der Waals surface area contributed by atoms with Crippen molar-refractivity contribution < 1.29 is 53.0 Å². The van der Waals surface area contributed by atoms with Gasteiger partial charge in [0.1, 0.15) is 18.1 Å². The molecule has 2 aromatic carbocycles. The van der Waals surface area contributed by atoms with Crippen LogP contribution >= 0.6 is 0 Å². The Hall–Kier alpha value is -8.31. The lowest BCUT2D eigenvalue weighted by atomic mass is 10.0. The Morgan fingerprint density at radius 1 is 0.859 bits per heavy atom. The molecule has 1 unspecified atom stereocenters. The Kier molecular flexibility index (Phi) is 17.8. The Morgan fingerprint density at radius 2 is 1.55 bits per heavy atom. The minimum absolute atomic E-state index is 0.0153. The second-order valence-electron chi connectivity index (χ2n) is 17.1. The first kappa shape index (κ1) is 52.1. The molecule has 0 spiro atoms. The number of anilines is 4. The molecule has 0 saturated carbocycles. The molecule has 24 heteroatoms. The normalized spacial score (nSPS) is 15.1. The number of carbonyl (C=O) groups excluding carboxylic acids is 8. The first-order valence-corrected chi connectivity index (χ1v) is 23.2. The minimum Gasteiger partial charge on any atom is -0.480 e. The molecular weight excluding hydrogens is 923 g/mol. The van der Waals surface area contributed by atoms with Gasteiger partial charge >= 0.3 is 11.9 Å². The van der Waals surface area contributed by atoms with Crippen molar-refractivity contribution in [3.63, 3.8) is 0 Å². The molecule has 4 heterocycles. The standard InChI is InChI=1S/C47H57N13O11/c1-59(25-27-24-52-40-38(53-27)39(48)57-47(49)58-40)28-14-12-26(13-15-28)41(64)55-31(45(68)69)16-20-35(62)54-32(46(70)71-2)17-19-34(61)51-23-8-6-4-3-5-7-22-50-30-11-9-10-29-37(30)44(67)60(43(29)66)33-18-21-36(63)56-42(33)65/h9-15,24,31-33,50H,3-8,16-23,25H2,1-2H3,(H,51,61)(H,54,62)(H,55,64)(H,68,69)(H,56,63,65)(H4,48,49,52,57,58)/t31-,32+,33?/m0/s1. The van der Waals surface area contributed by atoms with Gasteiger partial charge in [0.15, 0.2) is 17.0 Å². The zero-order valence-corrected chi connectivity index (χ0v) is 39.3. The van der Waals surface area contributed by atoms with Crippen LogP contribution in [0.25, 0.3) is 11.2 Å². The molecule has 2 aliphatic rings. The van der Waals surface area contributed by atoms with E-state index in [9.17, 15) is 48.3 Å². The fraction of sp³-hybridized carbons (Fsp3) is 0.426. The van der Waals surface area contributed by atoms with Crippen LogP contribution in [0.5, 0.6) is 0 Å². The second kappa shape index (κ2) is 24.3. The molecule has 1 saturated heterocycles. The Balaban J connectivity index is 0.842. The first-order valence-electron chi connectivity index (χ1n) is 23.2. The Bertz CT molecular complexity index is 2680. The van der Waals surface area contributed by atoms with Crippen LogP contribution < -0.4 is 43.0 Å². The van der Waals surface area contributed by atoms with Crippen LogP contribution in [0.4, 0.5) is 23.1 Å². The second-order valence-corrected chi connectivity index (χ2v) is 17.1. The van der Waals surface area contributed by atoms with Crippen molar-refractivity contribution in [2.75, 3.05) is 48.9 Å². The number of benzene rings is 2. The number of piperidine rings is 1. The van der Waals surface area contributed by atoms with Gasteiger partial charge in [-0.05, 0) is 68.5 Å². The van der Waals surface area contributed by atoms with Crippen LogP contribution in [0.1, 0.15) is 114 Å². The van der Waals surface area contributed by atoms with Crippen LogP contribution in [-0.4, -0.2) is 129 Å². The number of hydrogen-bond acceptors (Lipinski definition) is 18. The number of ether oxygens (including phenoxy) is 1. The van der Waals surface area contributed by atoms with Gasteiger partial charge in [0.2, 0.25) is 29.6 Å². The number of amides is 7. The maximum Gasteiger partial charge on any atom is 0.328 e. The number of imide groups is 2. The number of nitrogens with zero attached hydrogens (tertiary/aromatic N) is 6. The molecule has 0 bridgehead atoms. The summed E-state index contributed by atoms with van der Waals surface area (Å²) in [6.07, 6.45) is 5.94. The van der Waals surface area contributed by atoms with Gasteiger partial charge in [-0.25, -0.2) is 19.6 Å². The SMILES string of the molecule is COC(=O)[C@@H](CCC(=O)NCCCCCCCCNc1cccc2c1C(=O)N(C1CCC(=O)NC1=O)C2=O)NC(=O)CC[C@H](NC(=O)c1ccc(N(C)Cc2cnc3nc(N)nc(N)c3n2)cc1)C(=O)O. The smallest absolute Gasteiger partial charge is 0.328 e. The van der Waals surface area contributed by atoms with Crippen molar-refractivity contribution in [1.82, 2.24) is 46.1 Å². The first-order chi connectivity index (χ1) is 34.0. The van der Waals surface area contributed by atoms with Crippen molar-refractivity contribution in [3.05, 3.63) is 71.0 Å². The number of rotatable bonds is 25. The van der Waals surface area contributed by atoms with E-state index in [1.54, 1.807) is 37.4 Å². The van der Waals surface area contributed by atoms with E-state index in [1.807, 2.05) is 4.90 Å². The van der Waals surface area contributed by atoms with Crippen LogP contribution in [0.2, 0.25) is 0 Å². The lowest BCUT2D eigenvalue weighted by molar-refractivity contribution is -0.145. The van der Waals surface area contributed by atoms with E-state index in [0.29, 0.717) is 48.6 Å². The number of hydrogen-bond donors (Lipinski definition) is 8. The zero-order chi connectivity index (χ0) is 51.2. The third-order valence-corrected chi connectivity index (χ3v) is 11.9. The average molecular weight is 980 g/mol. The molecule has 2 aromatic heterocycles. The van der Waals surface area contributed by atoms with Gasteiger partial charge in [0.25, 0.3) is 17.7 Å². The predicted octanol–water partition coefficient (Wildman–Crippen LogP) is 1.59. The molecule has 7 amide bonds. The summed E-state index contributed by atoms with van der Waals surface area (Å²) >= 11 is 0. The monoisotopic (exact) mass is 979 g/mol. The number of fused-ring (bicyclic) bond motifs is 2. The fourth-order valence-electron chi connectivity index (χ4n) is 8.13. The topological polar surface area (TPSA) is 353 Å². The number of carboxylic acid groups (broad SMARTS) is 1. The fourth-order valence-corrected chi connectivity index (χ4v) is 8.13. The highest BCUT2D eigenvalue weighted by atomic mass is 16.5. The Morgan fingerprint density at radius 3 is 2.25 bits per heavy atom. The lowest BCUT2D eigenvalue weighted by Crippen LogP contribution is -2.54. The molecule has 3 atom stereocenters. The highest BCUT2D eigenvalue weighted by Crippen LogP contribution is 2.32. The van der Waals surface area contributed by atoms with Crippen molar-refractivity contribution in [2.45, 2.75) is 102 Å². The number of carbonyl (C=O) groups is 9. The summed E-state index contributed by atoms with van der Waals surface area (Å²) < 4.78 is 4.82. The summed E-state index contributed by atoms with van der Waals surface area (Å²) in [6, 6.07) is 7.68. The number of nitrogen functional groups attached to an aromatic ring is 2. The lowest BCUT2D eigenvalue weighted by Gasteiger charge is -2.27. The number of aliphatic carboxylic acids is 1. The van der Waals surface area contributed by atoms with Crippen molar-refractivity contribution in [2.24, 2.45) is 0 Å². The molecule has 2 aliphatic heterocycles. The summed E-state index contributed by atoms with van der Waals surface area (Å²) in [4.78, 5) is 133. The number of nitrogens with one attached hydrogen (secondary N) is 5. The van der Waals surface area contributed by atoms with Crippen molar-refractivity contribution in [1.29, 1.82) is 0 Å². The van der Waals surface area contributed by atoms with E-state index in [4.69, 9.17) is 16.2 Å². The molecule has 10 N–H and O–H groups in total. The van der Waals surface area contributed by atoms with Gasteiger partial charge in [0, 0.05) is 56.3 Å². The molecule has 376 valence electrons. The van der Waals surface area contributed by atoms with E-state index < -0.39 is 65.5 Å². The molecule has 4 aromatic rings. The molecule has 24 nitrogen and oxygen atoms in total. The van der Waals surface area contributed by atoms with Crippen molar-refractivity contribution in [3.8, 4) is 0 Å². The summed E-state index contributed by atoms with van der Waals surface area (Å²) in [5.74, 6) is -5.96. The average Bonchev–Trinajstić information content (AvgIpc) is 3.60. The van der Waals surface area contributed by atoms with Gasteiger partial charge in [0.05, 0.1) is 36.7 Å². The summed E-state index contributed by atoms with van der Waals surface area (Å²) in [5.41, 5.74) is 14.5. The molecule has 0 radical (unpaired) electrons. The summed E-state index contributed by atoms with van der Waals surface area (Å²) in [5, 5.41) is 23.0. The number of methoxy groups -OCH3 is 1. The van der Waals surface area contributed by atoms with E-state index in [-0.39, 0.29) is 78.5 Å². The molecular formula is C47H57N13O11. The van der Waals surface area contributed by atoms with Gasteiger partial charge < -0.3 is 47.5 Å². The Labute approximate surface area is 407 Å². The van der Waals surface area contributed by atoms with E-state index >= 15 is 0 Å². The van der Waals surface area contributed by atoms with Crippen LogP contribution in [0.15, 0.2) is 48.7 Å². The molecule has 71 heavy (non-hydrogen) atoms. The van der Waals surface area contributed by atoms with Gasteiger partial charge in [-0.1, -0.05) is 31.7 Å². The number of aromatic nitrogens is 4. The molecule has 1 fully saturated rings.